The molecule has 7 heteroatoms. The molecule has 0 spiro atoms. The van der Waals surface area contributed by atoms with Gasteiger partial charge in [-0.2, -0.15) is 0 Å². The zero-order valence-corrected chi connectivity index (χ0v) is 11.5. The first-order chi connectivity index (χ1) is 8.08. The Morgan fingerprint density at radius 3 is 3.06 bits per heavy atom. The predicted octanol–water partition coefficient (Wildman–Crippen LogP) is 0.0893. The van der Waals surface area contributed by atoms with Crippen molar-refractivity contribution < 1.29 is 4.79 Å². The number of hydrogen-bond acceptors (Lipinski definition) is 4. The van der Waals surface area contributed by atoms with E-state index in [1.807, 2.05) is 22.6 Å². The van der Waals surface area contributed by atoms with E-state index in [-0.39, 0.29) is 18.0 Å². The van der Waals surface area contributed by atoms with Crippen LogP contribution in [0.15, 0.2) is 11.1 Å². The average Bonchev–Trinajstić information content (AvgIpc) is 3.05. The number of nitrogens with zero attached hydrogens (tertiary/aromatic N) is 2. The van der Waals surface area contributed by atoms with Gasteiger partial charge in [0, 0.05) is 13.1 Å². The molecule has 92 valence electrons. The zero-order chi connectivity index (χ0) is 12.4. The summed E-state index contributed by atoms with van der Waals surface area (Å²) in [5.41, 5.74) is -0.190. The van der Waals surface area contributed by atoms with E-state index in [2.05, 4.69) is 15.3 Å². The van der Waals surface area contributed by atoms with Crippen molar-refractivity contribution in [3.8, 4) is 0 Å². The Morgan fingerprint density at radius 1 is 1.71 bits per heavy atom. The Hall–Kier alpha value is -1.12. The van der Waals surface area contributed by atoms with Gasteiger partial charge in [-0.3, -0.25) is 9.59 Å². The van der Waals surface area contributed by atoms with Crippen LogP contribution >= 0.6 is 22.6 Å². The summed E-state index contributed by atoms with van der Waals surface area (Å²) < 4.78 is 0.492. The largest absolute Gasteiger partial charge is 0.352 e. The number of hydrogen-bond donors (Lipinski definition) is 2. The van der Waals surface area contributed by atoms with Crippen LogP contribution in [0.4, 0.5) is 5.82 Å². The number of nitrogens with one attached hydrogen (secondary N) is 2. The van der Waals surface area contributed by atoms with Crippen molar-refractivity contribution in [1.29, 1.82) is 0 Å². The molecule has 0 aromatic carbocycles. The van der Waals surface area contributed by atoms with Crippen LogP contribution in [0.1, 0.15) is 12.8 Å². The van der Waals surface area contributed by atoms with Gasteiger partial charge in [0.2, 0.25) is 5.91 Å². The second-order valence-electron chi connectivity index (χ2n) is 4.07. The summed E-state index contributed by atoms with van der Waals surface area (Å²) in [5, 5.41) is 2.89. The molecule has 0 atom stereocenters. The third-order valence-electron chi connectivity index (χ3n) is 2.46. The highest BCUT2D eigenvalue weighted by atomic mass is 127. The van der Waals surface area contributed by atoms with Crippen LogP contribution in [0.3, 0.4) is 0 Å². The van der Waals surface area contributed by atoms with E-state index in [1.165, 1.54) is 6.33 Å². The van der Waals surface area contributed by atoms with Gasteiger partial charge in [0.1, 0.15) is 9.39 Å². The van der Waals surface area contributed by atoms with Gasteiger partial charge in [0.25, 0.3) is 5.56 Å². The van der Waals surface area contributed by atoms with E-state index in [0.29, 0.717) is 15.4 Å². The highest BCUT2D eigenvalue weighted by molar-refractivity contribution is 14.1. The van der Waals surface area contributed by atoms with Crippen LogP contribution in [-0.2, 0) is 4.79 Å². The van der Waals surface area contributed by atoms with Crippen LogP contribution in [0.25, 0.3) is 0 Å². The molecule has 0 bridgehead atoms. The minimum Gasteiger partial charge on any atom is -0.352 e. The number of aromatic amines is 1. The molecular weight excluding hydrogens is 335 g/mol. The lowest BCUT2D eigenvalue weighted by Gasteiger charge is -2.18. The van der Waals surface area contributed by atoms with Crippen molar-refractivity contribution in [3.05, 3.63) is 20.3 Å². The minimum absolute atomic E-state index is 0.0344. The molecule has 2 N–H and O–H groups in total. The fourth-order valence-electron chi connectivity index (χ4n) is 1.43. The van der Waals surface area contributed by atoms with Gasteiger partial charge in [-0.05, 0) is 35.4 Å². The number of halogens is 1. The Kier molecular flexibility index (Phi) is 3.65. The maximum absolute atomic E-state index is 11.6. The Morgan fingerprint density at radius 2 is 2.41 bits per heavy atom. The normalized spacial score (nSPS) is 14.5. The van der Waals surface area contributed by atoms with Crippen LogP contribution < -0.4 is 15.8 Å². The van der Waals surface area contributed by atoms with Crippen molar-refractivity contribution in [2.45, 2.75) is 18.9 Å². The molecule has 0 aliphatic heterocycles. The Balaban J connectivity index is 2.03. The quantitative estimate of drug-likeness (QED) is 0.756. The van der Waals surface area contributed by atoms with Crippen molar-refractivity contribution >= 4 is 34.3 Å². The molecular formula is C10H13IN4O2. The number of carbonyl (C=O) groups excluding carboxylic acids is 1. The van der Waals surface area contributed by atoms with Gasteiger partial charge in [0.05, 0.1) is 12.9 Å². The minimum atomic E-state index is -0.190. The van der Waals surface area contributed by atoms with Gasteiger partial charge in [-0.1, -0.05) is 0 Å². The first-order valence-corrected chi connectivity index (χ1v) is 6.39. The molecule has 1 aliphatic carbocycles. The summed E-state index contributed by atoms with van der Waals surface area (Å²) in [6, 6.07) is 0.349. The number of likely N-dealkylation sites (N-methyl/N-ethyl adjacent to an activating group) is 1. The van der Waals surface area contributed by atoms with Crippen LogP contribution in [0.5, 0.6) is 0 Å². The summed E-state index contributed by atoms with van der Waals surface area (Å²) in [5.74, 6) is 0.494. The third-order valence-corrected chi connectivity index (χ3v) is 3.44. The number of aromatic nitrogens is 2. The van der Waals surface area contributed by atoms with Crippen molar-refractivity contribution in [1.82, 2.24) is 15.3 Å². The highest BCUT2D eigenvalue weighted by Crippen LogP contribution is 2.18. The number of carbonyl (C=O) groups is 1. The average molecular weight is 348 g/mol. The summed E-state index contributed by atoms with van der Waals surface area (Å²) in [6.07, 6.45) is 3.47. The maximum atomic E-state index is 11.6. The lowest BCUT2D eigenvalue weighted by atomic mass is 10.4. The van der Waals surface area contributed by atoms with Crippen LogP contribution in [0, 0.1) is 3.57 Å². The van der Waals surface area contributed by atoms with E-state index in [0.717, 1.165) is 12.8 Å². The molecule has 1 amide bonds. The molecule has 2 rings (SSSR count). The molecule has 6 nitrogen and oxygen atoms in total. The SMILES string of the molecule is CN(CC(=O)NC1CC1)c1nc[nH]c(=O)c1I. The fraction of sp³-hybridized carbons (Fsp3) is 0.500. The molecule has 1 aliphatic rings. The van der Waals surface area contributed by atoms with Crippen LogP contribution in [0.2, 0.25) is 0 Å². The van der Waals surface area contributed by atoms with Gasteiger partial charge in [0.15, 0.2) is 0 Å². The summed E-state index contributed by atoms with van der Waals surface area (Å²) in [6.45, 7) is 0.211. The van der Waals surface area contributed by atoms with E-state index < -0.39 is 0 Å². The standard InChI is InChI=1S/C10H13IN4O2/c1-15(4-7(16)14-6-2-3-6)9-8(11)10(17)13-5-12-9/h5-6H,2-4H2,1H3,(H,14,16)(H,12,13,17). The van der Waals surface area contributed by atoms with Gasteiger partial charge in [-0.15, -0.1) is 0 Å². The summed E-state index contributed by atoms with van der Waals surface area (Å²) in [4.78, 5) is 31.2. The van der Waals surface area contributed by atoms with Crippen LogP contribution in [-0.4, -0.2) is 35.5 Å². The molecule has 0 saturated heterocycles. The second kappa shape index (κ2) is 5.03. The molecule has 0 radical (unpaired) electrons. The Bertz CT molecular complexity index is 483. The number of amides is 1. The number of H-pyrrole nitrogens is 1. The van der Waals surface area contributed by atoms with Crippen molar-refractivity contribution in [2.75, 3.05) is 18.5 Å². The molecule has 0 unspecified atom stereocenters. The van der Waals surface area contributed by atoms with Crippen molar-refractivity contribution in [3.63, 3.8) is 0 Å². The lowest BCUT2D eigenvalue weighted by molar-refractivity contribution is -0.119. The lowest BCUT2D eigenvalue weighted by Crippen LogP contribution is -2.37. The van der Waals surface area contributed by atoms with Gasteiger partial charge in [-0.25, -0.2) is 4.98 Å². The van der Waals surface area contributed by atoms with Gasteiger partial charge < -0.3 is 15.2 Å². The summed E-state index contributed by atoms with van der Waals surface area (Å²) in [7, 11) is 1.75. The van der Waals surface area contributed by atoms with Crippen molar-refractivity contribution in [2.24, 2.45) is 0 Å². The zero-order valence-electron chi connectivity index (χ0n) is 9.36. The van der Waals surface area contributed by atoms with E-state index >= 15 is 0 Å². The molecule has 1 aromatic rings. The Labute approximate surface area is 112 Å². The summed E-state index contributed by atoms with van der Waals surface area (Å²) >= 11 is 1.93. The molecule has 1 saturated carbocycles. The molecule has 1 heterocycles. The fourth-order valence-corrected chi connectivity index (χ4v) is 2.14. The molecule has 17 heavy (non-hydrogen) atoms. The molecule has 1 aromatic heterocycles. The predicted molar refractivity (Wildman–Crippen MR) is 72.0 cm³/mol. The van der Waals surface area contributed by atoms with E-state index in [1.54, 1.807) is 11.9 Å². The number of rotatable bonds is 4. The smallest absolute Gasteiger partial charge is 0.266 e. The first kappa shape index (κ1) is 12.3. The topological polar surface area (TPSA) is 78.1 Å². The second-order valence-corrected chi connectivity index (χ2v) is 5.15. The third kappa shape index (κ3) is 3.18. The highest BCUT2D eigenvalue weighted by Gasteiger charge is 2.24. The van der Waals surface area contributed by atoms with E-state index in [4.69, 9.17) is 0 Å². The first-order valence-electron chi connectivity index (χ1n) is 5.31. The molecule has 1 fully saturated rings. The monoisotopic (exact) mass is 348 g/mol. The van der Waals surface area contributed by atoms with Gasteiger partial charge >= 0.3 is 0 Å². The maximum Gasteiger partial charge on any atom is 0.266 e. The van der Waals surface area contributed by atoms with E-state index in [9.17, 15) is 9.59 Å². The number of anilines is 1.